The molecule has 4 aromatic carbocycles. The van der Waals surface area contributed by atoms with Gasteiger partial charge < -0.3 is 18.8 Å². The van der Waals surface area contributed by atoms with Crippen molar-refractivity contribution in [1.82, 2.24) is 4.57 Å². The molecule has 5 nitrogen and oxygen atoms in total. The first-order valence-corrected chi connectivity index (χ1v) is 13.3. The zero-order chi connectivity index (χ0) is 27.2. The third-order valence-electron chi connectivity index (χ3n) is 6.89. The Morgan fingerprint density at radius 2 is 1.56 bits per heavy atom. The fourth-order valence-corrected chi connectivity index (χ4v) is 5.03. The third kappa shape index (κ3) is 5.64. The van der Waals surface area contributed by atoms with Gasteiger partial charge in [-0.2, -0.15) is 0 Å². The summed E-state index contributed by atoms with van der Waals surface area (Å²) in [6.07, 6.45) is 2.10. The van der Waals surface area contributed by atoms with Gasteiger partial charge in [0, 0.05) is 11.7 Å². The summed E-state index contributed by atoms with van der Waals surface area (Å²) in [5.74, 6) is 0.829. The minimum atomic E-state index is -0.607. The standard InChI is InChI=1S/C33H30ClNO4/c1-3-37-32(36)23-38-28-16-13-26(14-17-28)33(2,35-20-19-25-11-7-8-12-30(25)35)27-15-18-31(29(34)21-27)39-22-24-9-5-4-6-10-24/h4-21H,3,22-23H2,1-2H3. The van der Waals surface area contributed by atoms with Crippen molar-refractivity contribution in [2.45, 2.75) is 26.0 Å². The summed E-state index contributed by atoms with van der Waals surface area (Å²) in [6, 6.07) is 34.2. The monoisotopic (exact) mass is 539 g/mol. The maximum atomic E-state index is 11.7. The first-order valence-electron chi connectivity index (χ1n) is 12.9. The molecule has 0 N–H and O–H groups in total. The molecule has 39 heavy (non-hydrogen) atoms. The van der Waals surface area contributed by atoms with E-state index in [4.69, 9.17) is 25.8 Å². The number of carbonyl (C=O) groups is 1. The van der Waals surface area contributed by atoms with Gasteiger partial charge >= 0.3 is 5.97 Å². The Bertz CT molecular complexity index is 1560. The van der Waals surface area contributed by atoms with Gasteiger partial charge in [0.2, 0.25) is 0 Å². The molecular formula is C33H30ClNO4. The second-order valence-corrected chi connectivity index (χ2v) is 9.76. The highest BCUT2D eigenvalue weighted by molar-refractivity contribution is 6.32. The minimum absolute atomic E-state index is 0.132. The van der Waals surface area contributed by atoms with E-state index >= 15 is 0 Å². The minimum Gasteiger partial charge on any atom is -0.487 e. The number of esters is 1. The van der Waals surface area contributed by atoms with Crippen LogP contribution in [0.4, 0.5) is 0 Å². The summed E-state index contributed by atoms with van der Waals surface area (Å²) in [7, 11) is 0. The largest absolute Gasteiger partial charge is 0.487 e. The molecule has 5 aromatic rings. The summed E-state index contributed by atoms with van der Waals surface area (Å²) in [5, 5.41) is 1.69. The number of benzene rings is 4. The molecule has 1 atom stereocenters. The lowest BCUT2D eigenvalue weighted by atomic mass is 9.84. The summed E-state index contributed by atoms with van der Waals surface area (Å²) in [6.45, 7) is 4.57. The zero-order valence-electron chi connectivity index (χ0n) is 22.0. The molecule has 0 amide bonds. The number of ether oxygens (including phenoxy) is 3. The van der Waals surface area contributed by atoms with Crippen molar-refractivity contribution in [3.63, 3.8) is 0 Å². The first kappa shape index (κ1) is 26.4. The van der Waals surface area contributed by atoms with Crippen molar-refractivity contribution < 1.29 is 19.0 Å². The van der Waals surface area contributed by atoms with Crippen molar-refractivity contribution in [3.05, 3.63) is 131 Å². The maximum absolute atomic E-state index is 11.7. The van der Waals surface area contributed by atoms with Crippen LogP contribution in [0.25, 0.3) is 10.9 Å². The summed E-state index contributed by atoms with van der Waals surface area (Å²) in [5.41, 5.74) is 3.60. The van der Waals surface area contributed by atoms with E-state index in [2.05, 4.69) is 42.0 Å². The quantitative estimate of drug-likeness (QED) is 0.171. The second kappa shape index (κ2) is 11.7. The SMILES string of the molecule is CCOC(=O)COc1ccc(C(C)(c2ccc(OCc3ccccc3)c(Cl)c2)n2ccc3ccccc32)cc1. The number of rotatable bonds is 10. The van der Waals surface area contributed by atoms with E-state index in [-0.39, 0.29) is 6.61 Å². The van der Waals surface area contributed by atoms with Gasteiger partial charge in [0.1, 0.15) is 18.1 Å². The van der Waals surface area contributed by atoms with Gasteiger partial charge in [-0.25, -0.2) is 4.79 Å². The van der Waals surface area contributed by atoms with Gasteiger partial charge in [-0.15, -0.1) is 0 Å². The number of para-hydroxylation sites is 1. The average molecular weight is 540 g/mol. The molecule has 1 unspecified atom stereocenters. The van der Waals surface area contributed by atoms with Gasteiger partial charge in [-0.1, -0.05) is 78.3 Å². The number of aromatic nitrogens is 1. The maximum Gasteiger partial charge on any atom is 0.344 e. The van der Waals surface area contributed by atoms with Crippen LogP contribution in [-0.2, 0) is 21.7 Å². The van der Waals surface area contributed by atoms with Crippen LogP contribution >= 0.6 is 11.6 Å². The molecule has 0 aliphatic heterocycles. The molecule has 198 valence electrons. The molecule has 0 fully saturated rings. The number of halogens is 1. The predicted molar refractivity (Wildman–Crippen MR) is 155 cm³/mol. The van der Waals surface area contributed by atoms with E-state index in [0.29, 0.717) is 29.7 Å². The van der Waals surface area contributed by atoms with Crippen molar-refractivity contribution in [2.24, 2.45) is 0 Å². The van der Waals surface area contributed by atoms with Crippen molar-refractivity contribution >= 4 is 28.5 Å². The fourth-order valence-electron chi connectivity index (χ4n) is 4.79. The van der Waals surface area contributed by atoms with Crippen LogP contribution in [0.1, 0.15) is 30.5 Å². The van der Waals surface area contributed by atoms with Gasteiger partial charge in [0.05, 0.1) is 17.2 Å². The highest BCUT2D eigenvalue weighted by atomic mass is 35.5. The molecule has 6 heteroatoms. The number of carbonyl (C=O) groups excluding carboxylic acids is 1. The van der Waals surface area contributed by atoms with E-state index in [1.807, 2.05) is 78.9 Å². The van der Waals surface area contributed by atoms with Gasteiger partial charge in [0.25, 0.3) is 0 Å². The Hall–Kier alpha value is -4.22. The van der Waals surface area contributed by atoms with Gasteiger partial charge in [0.15, 0.2) is 6.61 Å². The van der Waals surface area contributed by atoms with E-state index in [1.54, 1.807) is 6.92 Å². The number of nitrogens with zero attached hydrogens (tertiary/aromatic N) is 1. The lowest BCUT2D eigenvalue weighted by Crippen LogP contribution is -2.32. The van der Waals surface area contributed by atoms with Crippen molar-refractivity contribution in [2.75, 3.05) is 13.2 Å². The molecule has 0 saturated carbocycles. The van der Waals surface area contributed by atoms with Crippen LogP contribution < -0.4 is 9.47 Å². The van der Waals surface area contributed by atoms with Crippen LogP contribution in [0.5, 0.6) is 11.5 Å². The smallest absolute Gasteiger partial charge is 0.344 e. The Balaban J connectivity index is 1.50. The molecule has 0 radical (unpaired) electrons. The summed E-state index contributed by atoms with van der Waals surface area (Å²) < 4.78 is 18.9. The van der Waals surface area contributed by atoms with Crippen LogP contribution in [0, 0.1) is 0 Å². The molecule has 1 heterocycles. The Morgan fingerprint density at radius 3 is 2.31 bits per heavy atom. The molecule has 0 spiro atoms. The second-order valence-electron chi connectivity index (χ2n) is 9.35. The Kier molecular flexibility index (Phi) is 7.89. The normalized spacial score (nSPS) is 12.6. The Labute approximate surface area is 233 Å². The Morgan fingerprint density at radius 1 is 0.846 bits per heavy atom. The zero-order valence-corrected chi connectivity index (χ0v) is 22.7. The molecule has 0 aliphatic rings. The van der Waals surface area contributed by atoms with Crippen molar-refractivity contribution in [3.8, 4) is 11.5 Å². The number of fused-ring (bicyclic) bond motifs is 1. The highest BCUT2D eigenvalue weighted by Crippen LogP contribution is 2.40. The molecular weight excluding hydrogens is 510 g/mol. The molecule has 1 aromatic heterocycles. The molecule has 0 saturated heterocycles. The molecule has 5 rings (SSSR count). The molecule has 0 bridgehead atoms. The van der Waals surface area contributed by atoms with Crippen molar-refractivity contribution in [1.29, 1.82) is 0 Å². The van der Waals surface area contributed by atoms with Crippen LogP contribution in [0.3, 0.4) is 0 Å². The third-order valence-corrected chi connectivity index (χ3v) is 7.19. The predicted octanol–water partition coefficient (Wildman–Crippen LogP) is 7.63. The van der Waals surface area contributed by atoms with E-state index in [1.165, 1.54) is 0 Å². The van der Waals surface area contributed by atoms with E-state index in [9.17, 15) is 4.79 Å². The van der Waals surface area contributed by atoms with Crippen LogP contribution in [-0.4, -0.2) is 23.8 Å². The average Bonchev–Trinajstić information content (AvgIpc) is 3.41. The van der Waals surface area contributed by atoms with E-state index in [0.717, 1.165) is 27.6 Å². The fraction of sp³-hybridized carbons (Fsp3) is 0.182. The lowest BCUT2D eigenvalue weighted by Gasteiger charge is -2.34. The van der Waals surface area contributed by atoms with Crippen LogP contribution in [0.2, 0.25) is 5.02 Å². The van der Waals surface area contributed by atoms with Gasteiger partial charge in [-0.3, -0.25) is 0 Å². The lowest BCUT2D eigenvalue weighted by molar-refractivity contribution is -0.145. The summed E-state index contributed by atoms with van der Waals surface area (Å²) >= 11 is 6.79. The first-order chi connectivity index (χ1) is 19.0. The van der Waals surface area contributed by atoms with E-state index < -0.39 is 11.5 Å². The number of hydrogen-bond donors (Lipinski definition) is 0. The number of hydrogen-bond acceptors (Lipinski definition) is 4. The highest BCUT2D eigenvalue weighted by Gasteiger charge is 2.32. The van der Waals surface area contributed by atoms with Crippen LogP contribution in [0.15, 0.2) is 109 Å². The van der Waals surface area contributed by atoms with Gasteiger partial charge in [-0.05, 0) is 72.3 Å². The molecule has 0 aliphatic carbocycles. The summed E-state index contributed by atoms with van der Waals surface area (Å²) in [4.78, 5) is 11.7. The topological polar surface area (TPSA) is 49.7 Å².